The third-order valence-corrected chi connectivity index (χ3v) is 10.1. The quantitative estimate of drug-likeness (QED) is 0.324. The van der Waals surface area contributed by atoms with Crippen LogP contribution < -0.4 is 0 Å². The van der Waals surface area contributed by atoms with Crippen molar-refractivity contribution in [1.82, 2.24) is 0 Å². The lowest BCUT2D eigenvalue weighted by Gasteiger charge is -2.60. The summed E-state index contributed by atoms with van der Waals surface area (Å²) in [6.07, 6.45) is 5.28. The first kappa shape index (κ1) is 23.7. The molecule has 1 N–H and O–H groups in total. The van der Waals surface area contributed by atoms with Gasteiger partial charge in [-0.25, -0.2) is 4.39 Å². The average Bonchev–Trinajstić information content (AvgIpc) is 2.96. The van der Waals surface area contributed by atoms with Gasteiger partial charge in [0, 0.05) is 34.5 Å². The Kier molecular flexibility index (Phi) is 5.60. The van der Waals surface area contributed by atoms with Crippen molar-refractivity contribution in [2.45, 2.75) is 57.7 Å². The highest BCUT2D eigenvalue weighted by Crippen LogP contribution is 2.70. The molecular weight excluding hydrogens is 530 g/mol. The molecule has 0 aromatic carbocycles. The molecule has 0 bridgehead atoms. The summed E-state index contributed by atoms with van der Waals surface area (Å²) < 4.78 is 22.2. The Morgan fingerprint density at radius 3 is 2.62 bits per heavy atom. The number of allylic oxidation sites excluding steroid dienone is 4. The maximum atomic E-state index is 17.0. The van der Waals surface area contributed by atoms with Crippen LogP contribution in [0.5, 0.6) is 0 Å². The first-order valence-electron chi connectivity index (χ1n) is 11.0. The number of hydrogen-bond donors (Lipinski definition) is 1. The SMILES string of the molecule is CC(=O)OCC(=O)[C@@]1(O)[C@H](C)C[C@H]2[C@@H]3CCC4=CC(=O)C=C[C@]4(C)[C@@]3(F)C(=O)C[C@@]21CI. The molecule has 32 heavy (non-hydrogen) atoms. The fourth-order valence-corrected chi connectivity index (χ4v) is 8.56. The molecule has 0 amide bonds. The highest BCUT2D eigenvalue weighted by atomic mass is 127. The van der Waals surface area contributed by atoms with E-state index in [2.05, 4.69) is 22.6 Å². The molecule has 6 nitrogen and oxygen atoms in total. The zero-order chi connectivity index (χ0) is 23.7. The lowest BCUT2D eigenvalue weighted by molar-refractivity contribution is -0.187. The molecule has 3 saturated carbocycles. The molecule has 174 valence electrons. The van der Waals surface area contributed by atoms with E-state index in [1.165, 1.54) is 25.2 Å². The Hall–Kier alpha value is -1.42. The van der Waals surface area contributed by atoms with Crippen LogP contribution in [0.4, 0.5) is 4.39 Å². The first-order chi connectivity index (χ1) is 14.9. The summed E-state index contributed by atoms with van der Waals surface area (Å²) in [6.45, 7) is 4.04. The number of alkyl halides is 2. The van der Waals surface area contributed by atoms with E-state index in [1.54, 1.807) is 13.8 Å². The predicted molar refractivity (Wildman–Crippen MR) is 122 cm³/mol. The fraction of sp³-hybridized carbons (Fsp3) is 0.667. The Morgan fingerprint density at radius 1 is 1.31 bits per heavy atom. The van der Waals surface area contributed by atoms with Gasteiger partial charge >= 0.3 is 5.97 Å². The number of esters is 1. The van der Waals surface area contributed by atoms with Crippen molar-refractivity contribution in [1.29, 1.82) is 0 Å². The highest BCUT2D eigenvalue weighted by molar-refractivity contribution is 14.1. The second-order valence-electron chi connectivity index (χ2n) is 10.1. The van der Waals surface area contributed by atoms with Gasteiger partial charge in [0.15, 0.2) is 23.8 Å². The van der Waals surface area contributed by atoms with E-state index in [9.17, 15) is 24.3 Å². The van der Waals surface area contributed by atoms with Crippen LogP contribution in [0.15, 0.2) is 23.8 Å². The van der Waals surface area contributed by atoms with Crippen LogP contribution in [0.25, 0.3) is 0 Å². The zero-order valence-electron chi connectivity index (χ0n) is 18.5. The Bertz CT molecular complexity index is 974. The molecule has 8 heteroatoms. The summed E-state index contributed by atoms with van der Waals surface area (Å²) >= 11 is 2.08. The average molecular weight is 558 g/mol. The van der Waals surface area contributed by atoms with Crippen LogP contribution in [-0.2, 0) is 23.9 Å². The van der Waals surface area contributed by atoms with Gasteiger partial charge in [-0.1, -0.05) is 41.2 Å². The predicted octanol–water partition coefficient (Wildman–Crippen LogP) is 3.09. The molecule has 0 aliphatic heterocycles. The minimum Gasteiger partial charge on any atom is -0.458 e. The molecule has 4 aliphatic carbocycles. The van der Waals surface area contributed by atoms with Gasteiger partial charge in [-0.15, -0.1) is 0 Å². The molecule has 0 unspecified atom stereocenters. The third-order valence-electron chi connectivity index (χ3n) is 8.78. The summed E-state index contributed by atoms with van der Waals surface area (Å²) in [6, 6.07) is 0. The van der Waals surface area contributed by atoms with Crippen molar-refractivity contribution in [2.75, 3.05) is 11.0 Å². The molecule has 0 aromatic heterocycles. The number of rotatable bonds is 4. The van der Waals surface area contributed by atoms with E-state index in [4.69, 9.17) is 4.74 Å². The number of ketones is 3. The molecule has 0 saturated heterocycles. The Labute approximate surface area is 200 Å². The van der Waals surface area contributed by atoms with E-state index in [0.29, 0.717) is 29.3 Å². The zero-order valence-corrected chi connectivity index (χ0v) is 20.6. The normalized spacial score (nSPS) is 44.9. The summed E-state index contributed by atoms with van der Waals surface area (Å²) in [4.78, 5) is 50.0. The topological polar surface area (TPSA) is 97.7 Å². The summed E-state index contributed by atoms with van der Waals surface area (Å²) in [5, 5.41) is 11.8. The number of carbonyl (C=O) groups excluding carboxylic acids is 4. The van der Waals surface area contributed by atoms with Crippen LogP contribution in [-0.4, -0.2) is 50.7 Å². The molecule has 7 atom stereocenters. The first-order valence-corrected chi connectivity index (χ1v) is 12.5. The number of ether oxygens (including phenoxy) is 1. The molecule has 4 aliphatic rings. The van der Waals surface area contributed by atoms with Crippen molar-refractivity contribution in [2.24, 2.45) is 28.6 Å². The molecule has 0 aromatic rings. The second kappa shape index (κ2) is 7.55. The van der Waals surface area contributed by atoms with Crippen LogP contribution in [0.3, 0.4) is 0 Å². The van der Waals surface area contributed by atoms with Gasteiger partial charge in [-0.2, -0.15) is 0 Å². The minimum absolute atomic E-state index is 0.204. The molecule has 3 fully saturated rings. The van der Waals surface area contributed by atoms with Gasteiger partial charge < -0.3 is 9.84 Å². The number of fused-ring (bicyclic) bond motifs is 5. The van der Waals surface area contributed by atoms with Gasteiger partial charge in [0.25, 0.3) is 0 Å². The Morgan fingerprint density at radius 2 is 2.00 bits per heavy atom. The summed E-state index contributed by atoms with van der Waals surface area (Å²) in [5.74, 6) is -3.70. The molecule has 0 spiro atoms. The number of halogens is 2. The standard InChI is InChI=1S/C24H28FIO6/c1-13-8-18-17-5-4-15-9-16(28)6-7-21(15,3)23(17,25)19(29)10-22(18,12-26)24(13,31)20(30)11-32-14(2)27/h6-7,9,13,17-18,31H,4-5,8,10-12H2,1-3H3/t13-,17+,18+,21+,22-,23+,24+/m1/s1. The van der Waals surface area contributed by atoms with E-state index >= 15 is 4.39 Å². The number of aliphatic hydroxyl groups is 1. The van der Waals surface area contributed by atoms with Crippen LogP contribution >= 0.6 is 22.6 Å². The minimum atomic E-state index is -2.21. The van der Waals surface area contributed by atoms with Crippen LogP contribution in [0, 0.1) is 28.6 Å². The maximum absolute atomic E-state index is 17.0. The smallest absolute Gasteiger partial charge is 0.303 e. The van der Waals surface area contributed by atoms with E-state index in [1.807, 2.05) is 0 Å². The number of carbonyl (C=O) groups is 4. The van der Waals surface area contributed by atoms with Crippen molar-refractivity contribution < 1.29 is 33.4 Å². The molecule has 0 heterocycles. The number of hydrogen-bond acceptors (Lipinski definition) is 6. The van der Waals surface area contributed by atoms with Gasteiger partial charge in [-0.3, -0.25) is 19.2 Å². The largest absolute Gasteiger partial charge is 0.458 e. The summed E-state index contributed by atoms with van der Waals surface area (Å²) in [7, 11) is 0. The second-order valence-corrected chi connectivity index (χ2v) is 10.8. The van der Waals surface area contributed by atoms with E-state index < -0.39 is 64.0 Å². The van der Waals surface area contributed by atoms with Gasteiger partial charge in [0.1, 0.15) is 5.60 Å². The van der Waals surface area contributed by atoms with Crippen molar-refractivity contribution in [3.05, 3.63) is 23.8 Å². The van der Waals surface area contributed by atoms with E-state index in [-0.39, 0.29) is 12.2 Å². The van der Waals surface area contributed by atoms with E-state index in [0.717, 1.165) is 0 Å². The monoisotopic (exact) mass is 558 g/mol. The van der Waals surface area contributed by atoms with Crippen LogP contribution in [0.2, 0.25) is 0 Å². The molecular formula is C24H28FIO6. The van der Waals surface area contributed by atoms with Gasteiger partial charge in [0.05, 0.1) is 0 Å². The van der Waals surface area contributed by atoms with Crippen molar-refractivity contribution >= 4 is 45.9 Å². The van der Waals surface area contributed by atoms with Crippen LogP contribution in [0.1, 0.15) is 46.5 Å². The highest BCUT2D eigenvalue weighted by Gasteiger charge is 2.77. The molecule has 4 rings (SSSR count). The molecule has 0 radical (unpaired) electrons. The summed E-state index contributed by atoms with van der Waals surface area (Å²) in [5.41, 5.74) is -5.82. The maximum Gasteiger partial charge on any atom is 0.303 e. The number of Topliss-reactive ketones (excluding diaryl/α,β-unsaturated/α-hetero) is 2. The van der Waals surface area contributed by atoms with Gasteiger partial charge in [-0.05, 0) is 50.2 Å². The fourth-order valence-electron chi connectivity index (χ4n) is 7.14. The lowest BCUT2D eigenvalue weighted by atomic mass is 9.45. The Balaban J connectivity index is 1.80. The third kappa shape index (κ3) is 2.77. The lowest BCUT2D eigenvalue weighted by Crippen LogP contribution is -2.69. The van der Waals surface area contributed by atoms with Crippen molar-refractivity contribution in [3.63, 3.8) is 0 Å². The van der Waals surface area contributed by atoms with Gasteiger partial charge in [0.2, 0.25) is 5.78 Å². The van der Waals surface area contributed by atoms with Crippen molar-refractivity contribution in [3.8, 4) is 0 Å².